The normalized spacial score (nSPS) is 20.2. The number of likely N-dealkylation sites (tertiary alicyclic amines) is 1. The highest BCUT2D eigenvalue weighted by Crippen LogP contribution is 2.24. The summed E-state index contributed by atoms with van der Waals surface area (Å²) in [4.78, 5) is 13.9. The van der Waals surface area contributed by atoms with E-state index in [1.165, 1.54) is 0 Å². The van der Waals surface area contributed by atoms with E-state index in [2.05, 4.69) is 20.8 Å². The summed E-state index contributed by atoms with van der Waals surface area (Å²) in [6, 6.07) is -0.277. The zero-order chi connectivity index (χ0) is 12.1. The van der Waals surface area contributed by atoms with Crippen molar-refractivity contribution in [3.05, 3.63) is 0 Å². The molecule has 1 heterocycles. The Morgan fingerprint density at radius 3 is 2.38 bits per heavy atom. The van der Waals surface area contributed by atoms with Crippen molar-refractivity contribution in [3.63, 3.8) is 0 Å². The molecule has 3 heteroatoms. The van der Waals surface area contributed by atoms with Gasteiger partial charge in [0.1, 0.15) is 0 Å². The van der Waals surface area contributed by atoms with Gasteiger partial charge in [0.15, 0.2) is 0 Å². The standard InChI is InChI=1S/C13H26N2O/c1-4-5-12(14)13(16)15-8-6-11(7-9-15)10(2)3/h10-12H,4-9,14H2,1-3H3/t12-/m0/s1. The first-order chi connectivity index (χ1) is 7.56. The Kier molecular flexibility index (Phi) is 5.26. The largest absolute Gasteiger partial charge is 0.341 e. The average Bonchev–Trinajstić information content (AvgIpc) is 2.28. The summed E-state index contributed by atoms with van der Waals surface area (Å²) in [7, 11) is 0. The number of hydrogen-bond donors (Lipinski definition) is 1. The average molecular weight is 226 g/mol. The van der Waals surface area contributed by atoms with Crippen molar-refractivity contribution in [2.45, 2.75) is 52.5 Å². The second-order valence-corrected chi connectivity index (χ2v) is 5.30. The fourth-order valence-corrected chi connectivity index (χ4v) is 2.46. The molecular formula is C13H26N2O. The summed E-state index contributed by atoms with van der Waals surface area (Å²) in [6.45, 7) is 8.41. The fraction of sp³-hybridized carbons (Fsp3) is 0.923. The Morgan fingerprint density at radius 1 is 1.38 bits per heavy atom. The van der Waals surface area contributed by atoms with Gasteiger partial charge in [-0.05, 0) is 31.1 Å². The molecule has 94 valence electrons. The second-order valence-electron chi connectivity index (χ2n) is 5.30. The SMILES string of the molecule is CCC[C@H](N)C(=O)N1CCC(C(C)C)CC1. The van der Waals surface area contributed by atoms with Crippen LogP contribution in [0.15, 0.2) is 0 Å². The zero-order valence-corrected chi connectivity index (χ0v) is 10.9. The van der Waals surface area contributed by atoms with Crippen LogP contribution in [0.1, 0.15) is 46.5 Å². The second kappa shape index (κ2) is 6.24. The molecule has 1 aliphatic rings. The van der Waals surface area contributed by atoms with E-state index in [-0.39, 0.29) is 11.9 Å². The highest BCUT2D eigenvalue weighted by molar-refractivity contribution is 5.81. The monoisotopic (exact) mass is 226 g/mol. The lowest BCUT2D eigenvalue weighted by molar-refractivity contribution is -0.134. The van der Waals surface area contributed by atoms with Crippen molar-refractivity contribution in [2.75, 3.05) is 13.1 Å². The molecular weight excluding hydrogens is 200 g/mol. The molecule has 1 atom stereocenters. The van der Waals surface area contributed by atoms with Crippen LogP contribution in [0.25, 0.3) is 0 Å². The molecule has 0 unspecified atom stereocenters. The van der Waals surface area contributed by atoms with Crippen molar-refractivity contribution < 1.29 is 4.79 Å². The number of nitrogens with zero attached hydrogens (tertiary/aromatic N) is 1. The molecule has 0 bridgehead atoms. The number of hydrogen-bond acceptors (Lipinski definition) is 2. The third-order valence-corrected chi connectivity index (χ3v) is 3.71. The maximum Gasteiger partial charge on any atom is 0.239 e. The molecule has 0 aromatic carbocycles. The molecule has 0 aliphatic carbocycles. The topological polar surface area (TPSA) is 46.3 Å². The van der Waals surface area contributed by atoms with Gasteiger partial charge < -0.3 is 10.6 Å². The van der Waals surface area contributed by atoms with E-state index in [4.69, 9.17) is 5.73 Å². The van der Waals surface area contributed by atoms with Gasteiger partial charge in [0.05, 0.1) is 6.04 Å². The van der Waals surface area contributed by atoms with Crippen LogP contribution in [-0.2, 0) is 4.79 Å². The highest BCUT2D eigenvalue weighted by atomic mass is 16.2. The van der Waals surface area contributed by atoms with E-state index < -0.39 is 0 Å². The lowest BCUT2D eigenvalue weighted by atomic mass is 9.86. The molecule has 0 saturated carbocycles. The quantitative estimate of drug-likeness (QED) is 0.797. The summed E-state index contributed by atoms with van der Waals surface area (Å²) >= 11 is 0. The molecule has 1 aliphatic heterocycles. The predicted molar refractivity (Wildman–Crippen MR) is 67.0 cm³/mol. The van der Waals surface area contributed by atoms with E-state index in [9.17, 15) is 4.79 Å². The van der Waals surface area contributed by atoms with Gasteiger partial charge in [-0.25, -0.2) is 0 Å². The van der Waals surface area contributed by atoms with E-state index in [1.807, 2.05) is 4.90 Å². The molecule has 0 aromatic heterocycles. The zero-order valence-electron chi connectivity index (χ0n) is 10.9. The number of carbonyl (C=O) groups is 1. The Bertz CT molecular complexity index is 220. The van der Waals surface area contributed by atoms with E-state index >= 15 is 0 Å². The van der Waals surface area contributed by atoms with Crippen LogP contribution < -0.4 is 5.73 Å². The van der Waals surface area contributed by atoms with Gasteiger partial charge in [-0.1, -0.05) is 27.2 Å². The van der Waals surface area contributed by atoms with Crippen molar-refractivity contribution >= 4 is 5.91 Å². The van der Waals surface area contributed by atoms with Crippen LogP contribution in [-0.4, -0.2) is 29.9 Å². The third-order valence-electron chi connectivity index (χ3n) is 3.71. The number of carbonyl (C=O) groups excluding carboxylic acids is 1. The van der Waals surface area contributed by atoms with Crippen LogP contribution in [0.4, 0.5) is 0 Å². The summed E-state index contributed by atoms with van der Waals surface area (Å²) in [6.07, 6.45) is 4.07. The minimum absolute atomic E-state index is 0.157. The number of nitrogens with two attached hydrogens (primary N) is 1. The Balaban J connectivity index is 2.38. The molecule has 0 aromatic rings. The smallest absolute Gasteiger partial charge is 0.239 e. The molecule has 16 heavy (non-hydrogen) atoms. The predicted octanol–water partition coefficient (Wildman–Crippen LogP) is 2.01. The minimum atomic E-state index is -0.277. The fourth-order valence-electron chi connectivity index (χ4n) is 2.46. The summed E-state index contributed by atoms with van der Waals surface area (Å²) in [5, 5.41) is 0. The molecule has 2 N–H and O–H groups in total. The van der Waals surface area contributed by atoms with Crippen molar-refractivity contribution in [2.24, 2.45) is 17.6 Å². The van der Waals surface area contributed by atoms with E-state index in [1.54, 1.807) is 0 Å². The van der Waals surface area contributed by atoms with Crippen molar-refractivity contribution in [1.82, 2.24) is 4.90 Å². The minimum Gasteiger partial charge on any atom is -0.341 e. The maximum absolute atomic E-state index is 12.0. The number of rotatable bonds is 4. The third kappa shape index (κ3) is 3.48. The first-order valence-electron chi connectivity index (χ1n) is 6.60. The molecule has 3 nitrogen and oxygen atoms in total. The van der Waals surface area contributed by atoms with Crippen LogP contribution >= 0.6 is 0 Å². The molecule has 0 radical (unpaired) electrons. The summed E-state index contributed by atoms with van der Waals surface area (Å²) in [5.41, 5.74) is 5.86. The Hall–Kier alpha value is -0.570. The molecule has 1 fully saturated rings. The van der Waals surface area contributed by atoms with Gasteiger partial charge in [0.2, 0.25) is 5.91 Å². The Labute approximate surface area is 99.4 Å². The van der Waals surface area contributed by atoms with Crippen molar-refractivity contribution in [1.29, 1.82) is 0 Å². The van der Waals surface area contributed by atoms with Gasteiger partial charge in [0.25, 0.3) is 0 Å². The molecule has 1 amide bonds. The van der Waals surface area contributed by atoms with Gasteiger partial charge >= 0.3 is 0 Å². The van der Waals surface area contributed by atoms with Crippen molar-refractivity contribution in [3.8, 4) is 0 Å². The lowest BCUT2D eigenvalue weighted by Gasteiger charge is -2.35. The molecule has 1 saturated heterocycles. The number of amides is 1. The van der Waals surface area contributed by atoms with Crippen LogP contribution in [0.5, 0.6) is 0 Å². The lowest BCUT2D eigenvalue weighted by Crippen LogP contribution is -2.47. The summed E-state index contributed by atoms with van der Waals surface area (Å²) in [5.74, 6) is 1.68. The van der Waals surface area contributed by atoms with Gasteiger partial charge in [-0.2, -0.15) is 0 Å². The van der Waals surface area contributed by atoms with Gasteiger partial charge in [-0.15, -0.1) is 0 Å². The van der Waals surface area contributed by atoms with Gasteiger partial charge in [0, 0.05) is 13.1 Å². The first-order valence-corrected chi connectivity index (χ1v) is 6.60. The van der Waals surface area contributed by atoms with Crippen LogP contribution in [0.2, 0.25) is 0 Å². The number of piperidine rings is 1. The van der Waals surface area contributed by atoms with Gasteiger partial charge in [-0.3, -0.25) is 4.79 Å². The van der Waals surface area contributed by atoms with Crippen LogP contribution in [0, 0.1) is 11.8 Å². The van der Waals surface area contributed by atoms with Crippen LogP contribution in [0.3, 0.4) is 0 Å². The summed E-state index contributed by atoms with van der Waals surface area (Å²) < 4.78 is 0. The molecule has 1 rings (SSSR count). The van der Waals surface area contributed by atoms with E-state index in [0.29, 0.717) is 0 Å². The Morgan fingerprint density at radius 2 is 1.94 bits per heavy atom. The molecule has 0 spiro atoms. The van der Waals surface area contributed by atoms with E-state index in [0.717, 1.165) is 50.6 Å². The first kappa shape index (κ1) is 13.5. The maximum atomic E-state index is 12.0. The highest BCUT2D eigenvalue weighted by Gasteiger charge is 2.26.